The lowest BCUT2D eigenvalue weighted by Crippen LogP contribution is -2.05. The van der Waals surface area contributed by atoms with Gasteiger partial charge in [0.05, 0.1) is 18.8 Å². The van der Waals surface area contributed by atoms with Crippen molar-refractivity contribution in [1.82, 2.24) is 0 Å². The lowest BCUT2D eigenvalue weighted by Gasteiger charge is -2.16. The van der Waals surface area contributed by atoms with Crippen LogP contribution < -0.4 is 9.47 Å². The molecule has 4 aromatic rings. The summed E-state index contributed by atoms with van der Waals surface area (Å²) in [5, 5.41) is 11.2. The van der Waals surface area contributed by atoms with Gasteiger partial charge in [-0.15, -0.1) is 0 Å². The molecule has 5 nitrogen and oxygen atoms in total. The van der Waals surface area contributed by atoms with Gasteiger partial charge in [0, 0.05) is 0 Å². The van der Waals surface area contributed by atoms with E-state index in [1.54, 1.807) is 6.07 Å². The molecule has 146 valence electrons. The Bertz CT molecular complexity index is 1170. The molecular formula is C24H20O5. The van der Waals surface area contributed by atoms with Crippen LogP contribution in [0.2, 0.25) is 0 Å². The summed E-state index contributed by atoms with van der Waals surface area (Å²) >= 11 is 0. The molecule has 1 aromatic heterocycles. The number of fused-ring (bicyclic) bond motifs is 1. The Morgan fingerprint density at radius 3 is 2.45 bits per heavy atom. The molecule has 0 fully saturated rings. The molecule has 5 heteroatoms. The van der Waals surface area contributed by atoms with Gasteiger partial charge in [-0.3, -0.25) is 4.79 Å². The molecule has 0 atom stereocenters. The molecule has 0 aliphatic carbocycles. The fraction of sp³-hybridized carbons (Fsp3) is 0.125. The van der Waals surface area contributed by atoms with Gasteiger partial charge in [0.2, 0.25) is 5.75 Å². The number of aromatic hydroxyl groups is 1. The van der Waals surface area contributed by atoms with Crippen LogP contribution in [-0.4, -0.2) is 18.0 Å². The zero-order valence-corrected chi connectivity index (χ0v) is 16.1. The van der Waals surface area contributed by atoms with Gasteiger partial charge in [-0.05, 0) is 29.7 Å². The summed E-state index contributed by atoms with van der Waals surface area (Å²) in [7, 11) is 1.41. The number of methoxy groups -OCH3 is 1. The van der Waals surface area contributed by atoms with Crippen molar-refractivity contribution in [2.45, 2.75) is 13.5 Å². The number of ketones is 1. The molecule has 0 saturated heterocycles. The highest BCUT2D eigenvalue weighted by atomic mass is 16.5. The number of Topliss-reactive ketones (excluding diaryl/α,β-unsaturated/α-hetero) is 1. The Labute approximate surface area is 168 Å². The first kappa shape index (κ1) is 18.6. The van der Waals surface area contributed by atoms with Crippen molar-refractivity contribution in [3.05, 3.63) is 78.1 Å². The van der Waals surface area contributed by atoms with Gasteiger partial charge in [-0.1, -0.05) is 54.6 Å². The Morgan fingerprint density at radius 1 is 1.00 bits per heavy atom. The van der Waals surface area contributed by atoms with Crippen LogP contribution in [0.15, 0.2) is 71.3 Å². The fourth-order valence-corrected chi connectivity index (χ4v) is 3.49. The SMILES string of the molecule is COc1c(O)c(C(C)=O)c(OCc2ccccc2-c2ccccc2)c2ccoc12. The van der Waals surface area contributed by atoms with Crippen molar-refractivity contribution >= 4 is 16.8 Å². The third-order valence-electron chi connectivity index (χ3n) is 4.83. The normalized spacial score (nSPS) is 10.8. The first-order chi connectivity index (χ1) is 14.1. The smallest absolute Gasteiger partial charge is 0.205 e. The Hall–Kier alpha value is -3.73. The number of carbonyl (C=O) groups is 1. The van der Waals surface area contributed by atoms with Gasteiger partial charge >= 0.3 is 0 Å². The Morgan fingerprint density at radius 2 is 1.72 bits per heavy atom. The molecule has 4 rings (SSSR count). The zero-order valence-electron chi connectivity index (χ0n) is 16.1. The maximum Gasteiger partial charge on any atom is 0.205 e. The Balaban J connectivity index is 1.78. The van der Waals surface area contributed by atoms with Crippen LogP contribution in [-0.2, 0) is 6.61 Å². The van der Waals surface area contributed by atoms with Crippen molar-refractivity contribution in [2.75, 3.05) is 7.11 Å². The molecule has 0 aliphatic heterocycles. The van der Waals surface area contributed by atoms with Crippen molar-refractivity contribution in [2.24, 2.45) is 0 Å². The van der Waals surface area contributed by atoms with E-state index in [0.717, 1.165) is 16.7 Å². The van der Waals surface area contributed by atoms with Crippen LogP contribution in [0.25, 0.3) is 22.1 Å². The summed E-state index contributed by atoms with van der Waals surface area (Å²) in [5.41, 5.74) is 3.48. The van der Waals surface area contributed by atoms with Crippen molar-refractivity contribution in [1.29, 1.82) is 0 Å². The highest BCUT2D eigenvalue weighted by Gasteiger charge is 2.26. The summed E-state index contributed by atoms with van der Waals surface area (Å²) in [5.74, 6) is -0.210. The molecular weight excluding hydrogens is 368 g/mol. The first-order valence-electron chi connectivity index (χ1n) is 9.19. The molecule has 0 aliphatic rings. The average Bonchev–Trinajstić information content (AvgIpc) is 3.22. The van der Waals surface area contributed by atoms with Crippen LogP contribution in [0, 0.1) is 0 Å². The molecule has 0 unspecified atom stereocenters. The minimum absolute atomic E-state index is 0.0768. The van der Waals surface area contributed by atoms with Crippen LogP contribution >= 0.6 is 0 Å². The highest BCUT2D eigenvalue weighted by Crippen LogP contribution is 2.46. The third kappa shape index (κ3) is 3.31. The number of ether oxygens (including phenoxy) is 2. The van der Waals surface area contributed by atoms with E-state index in [-0.39, 0.29) is 35.2 Å². The van der Waals surface area contributed by atoms with Gasteiger partial charge in [0.15, 0.2) is 17.1 Å². The summed E-state index contributed by atoms with van der Waals surface area (Å²) in [6.07, 6.45) is 1.47. The van der Waals surface area contributed by atoms with Gasteiger partial charge < -0.3 is 19.0 Å². The monoisotopic (exact) mass is 388 g/mol. The Kier molecular flexibility index (Phi) is 4.96. The second-order valence-corrected chi connectivity index (χ2v) is 6.62. The summed E-state index contributed by atoms with van der Waals surface area (Å²) in [6, 6.07) is 19.6. The maximum atomic E-state index is 12.3. The predicted molar refractivity (Wildman–Crippen MR) is 111 cm³/mol. The van der Waals surface area contributed by atoms with Crippen molar-refractivity contribution < 1.29 is 23.8 Å². The number of hydrogen-bond acceptors (Lipinski definition) is 5. The average molecular weight is 388 g/mol. The lowest BCUT2D eigenvalue weighted by atomic mass is 10.00. The molecule has 0 saturated carbocycles. The lowest BCUT2D eigenvalue weighted by molar-refractivity contribution is 0.101. The van der Waals surface area contributed by atoms with E-state index in [4.69, 9.17) is 13.9 Å². The van der Waals surface area contributed by atoms with E-state index in [0.29, 0.717) is 11.0 Å². The van der Waals surface area contributed by atoms with Gasteiger partial charge in [0.1, 0.15) is 17.9 Å². The van der Waals surface area contributed by atoms with E-state index in [2.05, 4.69) is 0 Å². The summed E-state index contributed by atoms with van der Waals surface area (Å²) in [4.78, 5) is 12.3. The number of furan rings is 1. The number of rotatable bonds is 6. The highest BCUT2D eigenvalue weighted by molar-refractivity contribution is 6.08. The number of phenolic OH excluding ortho intramolecular Hbond substituents is 1. The zero-order chi connectivity index (χ0) is 20.4. The van der Waals surface area contributed by atoms with Crippen LogP contribution in [0.5, 0.6) is 17.2 Å². The van der Waals surface area contributed by atoms with E-state index in [9.17, 15) is 9.90 Å². The molecule has 1 heterocycles. The number of benzene rings is 3. The van der Waals surface area contributed by atoms with E-state index >= 15 is 0 Å². The van der Waals surface area contributed by atoms with E-state index in [1.807, 2.05) is 54.6 Å². The van der Waals surface area contributed by atoms with Crippen LogP contribution in [0.4, 0.5) is 0 Å². The molecule has 0 radical (unpaired) electrons. The minimum atomic E-state index is -0.324. The predicted octanol–water partition coefficient (Wildman–Crippen LogP) is 5.60. The molecule has 0 spiro atoms. The minimum Gasteiger partial charge on any atom is -0.504 e. The second-order valence-electron chi connectivity index (χ2n) is 6.62. The number of carbonyl (C=O) groups excluding carboxylic acids is 1. The maximum absolute atomic E-state index is 12.3. The van der Waals surface area contributed by atoms with Crippen molar-refractivity contribution in [3.8, 4) is 28.4 Å². The third-order valence-corrected chi connectivity index (χ3v) is 4.83. The van der Waals surface area contributed by atoms with E-state index in [1.165, 1.54) is 20.3 Å². The second kappa shape index (κ2) is 7.72. The van der Waals surface area contributed by atoms with Crippen molar-refractivity contribution in [3.63, 3.8) is 0 Å². The standard InChI is InChI=1S/C24H20O5/c1-15(25)20-21(26)24(27-2)23-19(12-13-28-23)22(20)29-14-17-10-6-7-11-18(17)16-8-4-3-5-9-16/h3-13,26H,14H2,1-2H3. The summed E-state index contributed by atoms with van der Waals surface area (Å²) in [6.45, 7) is 1.60. The molecule has 0 amide bonds. The fourth-order valence-electron chi connectivity index (χ4n) is 3.49. The molecule has 29 heavy (non-hydrogen) atoms. The molecule has 3 aromatic carbocycles. The van der Waals surface area contributed by atoms with Gasteiger partial charge in [0.25, 0.3) is 0 Å². The number of hydrogen-bond donors (Lipinski definition) is 1. The number of phenols is 1. The van der Waals surface area contributed by atoms with Crippen LogP contribution in [0.1, 0.15) is 22.8 Å². The van der Waals surface area contributed by atoms with Gasteiger partial charge in [-0.2, -0.15) is 0 Å². The summed E-state index contributed by atoms with van der Waals surface area (Å²) < 4.78 is 16.8. The first-order valence-corrected chi connectivity index (χ1v) is 9.19. The quantitative estimate of drug-likeness (QED) is 0.436. The molecule has 0 bridgehead atoms. The van der Waals surface area contributed by atoms with Crippen LogP contribution in [0.3, 0.4) is 0 Å². The largest absolute Gasteiger partial charge is 0.504 e. The topological polar surface area (TPSA) is 68.9 Å². The molecule has 1 N–H and O–H groups in total. The van der Waals surface area contributed by atoms with E-state index < -0.39 is 0 Å². The van der Waals surface area contributed by atoms with Gasteiger partial charge in [-0.25, -0.2) is 0 Å².